The lowest BCUT2D eigenvalue weighted by molar-refractivity contribution is -0.139. The number of nitrogens with one attached hydrogen (secondary N) is 1. The van der Waals surface area contributed by atoms with Gasteiger partial charge in [0.1, 0.15) is 6.04 Å². The molecule has 6 nitrogen and oxygen atoms in total. The molecule has 1 aliphatic rings. The summed E-state index contributed by atoms with van der Waals surface area (Å²) in [5, 5.41) is 12.5. The van der Waals surface area contributed by atoms with Gasteiger partial charge in [0.15, 0.2) is 0 Å². The molecule has 2 amide bonds. The van der Waals surface area contributed by atoms with Crippen LogP contribution in [0.4, 0.5) is 0 Å². The zero-order valence-corrected chi connectivity index (χ0v) is 18.3. The monoisotopic (exact) mass is 468 g/mol. The Hall–Kier alpha value is -2.28. The number of carboxylic acid groups (broad SMARTS) is 1. The third kappa shape index (κ3) is 4.56. The summed E-state index contributed by atoms with van der Waals surface area (Å²) in [5.41, 5.74) is 2.06. The number of rotatable bonds is 5. The molecule has 2 aromatic carbocycles. The van der Waals surface area contributed by atoms with Gasteiger partial charge in [-0.25, -0.2) is 4.79 Å². The van der Waals surface area contributed by atoms with E-state index in [1.807, 2.05) is 0 Å². The highest BCUT2D eigenvalue weighted by molar-refractivity contribution is 6.40. The zero-order valence-electron chi connectivity index (χ0n) is 16.0. The van der Waals surface area contributed by atoms with Gasteiger partial charge in [0.2, 0.25) is 0 Å². The van der Waals surface area contributed by atoms with E-state index in [9.17, 15) is 14.4 Å². The van der Waals surface area contributed by atoms with Crippen LogP contribution in [-0.2, 0) is 17.8 Å². The quantitative estimate of drug-likeness (QED) is 0.678. The molecular formula is C21H19Cl3N2O4. The van der Waals surface area contributed by atoms with E-state index in [4.69, 9.17) is 39.9 Å². The lowest BCUT2D eigenvalue weighted by Crippen LogP contribution is -2.41. The minimum absolute atomic E-state index is 0.0502. The summed E-state index contributed by atoms with van der Waals surface area (Å²) < 4.78 is 0. The maximum atomic E-state index is 12.8. The van der Waals surface area contributed by atoms with E-state index in [1.54, 1.807) is 42.2 Å². The van der Waals surface area contributed by atoms with Crippen molar-refractivity contribution in [1.29, 1.82) is 0 Å². The first-order chi connectivity index (χ1) is 14.2. The molecule has 0 spiro atoms. The van der Waals surface area contributed by atoms with Gasteiger partial charge in [-0.3, -0.25) is 9.59 Å². The molecule has 30 heavy (non-hydrogen) atoms. The number of aliphatic carboxylic acids is 1. The van der Waals surface area contributed by atoms with Crippen molar-refractivity contribution in [3.63, 3.8) is 0 Å². The number of carbonyl (C=O) groups is 3. The normalized spacial score (nSPS) is 14.1. The minimum atomic E-state index is -1.13. The van der Waals surface area contributed by atoms with Crippen LogP contribution in [0.15, 0.2) is 30.3 Å². The molecule has 1 atom stereocenters. The Morgan fingerprint density at radius 1 is 1.17 bits per heavy atom. The Morgan fingerprint density at radius 2 is 1.83 bits per heavy atom. The fourth-order valence-corrected chi connectivity index (χ4v) is 4.27. The van der Waals surface area contributed by atoms with Crippen molar-refractivity contribution in [2.75, 3.05) is 6.54 Å². The van der Waals surface area contributed by atoms with Crippen LogP contribution in [-0.4, -0.2) is 40.4 Å². The fraction of sp³-hybridized carbons (Fsp3) is 0.286. The molecule has 0 unspecified atom stereocenters. The number of hydrogen-bond donors (Lipinski definition) is 2. The van der Waals surface area contributed by atoms with Crippen molar-refractivity contribution < 1.29 is 19.5 Å². The first-order valence-electron chi connectivity index (χ1n) is 9.31. The third-order valence-corrected chi connectivity index (χ3v) is 5.99. The van der Waals surface area contributed by atoms with Crippen LogP contribution in [0.5, 0.6) is 0 Å². The van der Waals surface area contributed by atoms with Gasteiger partial charge in [-0.05, 0) is 54.3 Å². The molecular weight excluding hydrogens is 451 g/mol. The van der Waals surface area contributed by atoms with Crippen molar-refractivity contribution >= 4 is 52.6 Å². The van der Waals surface area contributed by atoms with E-state index < -0.39 is 17.9 Å². The highest BCUT2D eigenvalue weighted by atomic mass is 35.5. The first kappa shape index (κ1) is 22.4. The molecule has 0 bridgehead atoms. The molecule has 1 heterocycles. The van der Waals surface area contributed by atoms with Gasteiger partial charge in [0.05, 0.1) is 15.6 Å². The van der Waals surface area contributed by atoms with Gasteiger partial charge in [-0.1, -0.05) is 41.7 Å². The lowest BCUT2D eigenvalue weighted by atomic mass is 9.96. The predicted molar refractivity (Wildman–Crippen MR) is 116 cm³/mol. The standard InChI is InChI=1S/C21H19Cl3N2O4/c1-2-16(21(29)30)25-19(27)17-15(23)9-12-10-26(8-7-14(12)18(17)24)20(28)11-3-5-13(22)6-4-11/h3-6,9,16H,2,7-8,10H2,1H3,(H,25,27)(H,29,30)/t16-/m0/s1. The largest absolute Gasteiger partial charge is 0.480 e. The van der Waals surface area contributed by atoms with Crippen molar-refractivity contribution in [3.8, 4) is 0 Å². The lowest BCUT2D eigenvalue weighted by Gasteiger charge is -2.30. The van der Waals surface area contributed by atoms with Crippen LogP contribution in [0.25, 0.3) is 0 Å². The van der Waals surface area contributed by atoms with Crippen LogP contribution in [0, 0.1) is 0 Å². The number of hydrogen-bond acceptors (Lipinski definition) is 3. The summed E-state index contributed by atoms with van der Waals surface area (Å²) in [6.45, 7) is 2.37. The minimum Gasteiger partial charge on any atom is -0.480 e. The molecule has 1 aliphatic heterocycles. The van der Waals surface area contributed by atoms with Gasteiger partial charge >= 0.3 is 5.97 Å². The van der Waals surface area contributed by atoms with Crippen molar-refractivity contribution in [1.82, 2.24) is 10.2 Å². The highest BCUT2D eigenvalue weighted by Gasteiger charge is 2.29. The summed E-state index contributed by atoms with van der Waals surface area (Å²) in [4.78, 5) is 38.3. The smallest absolute Gasteiger partial charge is 0.326 e. The van der Waals surface area contributed by atoms with E-state index in [1.165, 1.54) is 0 Å². The topological polar surface area (TPSA) is 86.7 Å². The van der Waals surface area contributed by atoms with E-state index in [0.29, 0.717) is 30.1 Å². The second-order valence-electron chi connectivity index (χ2n) is 6.94. The fourth-order valence-electron chi connectivity index (χ4n) is 3.38. The number of halogens is 3. The Labute approximate surface area is 188 Å². The Kier molecular flexibility index (Phi) is 6.91. The zero-order chi connectivity index (χ0) is 22.0. The number of carbonyl (C=O) groups excluding carboxylic acids is 2. The van der Waals surface area contributed by atoms with E-state index in [0.717, 1.165) is 11.1 Å². The van der Waals surface area contributed by atoms with Crippen molar-refractivity contribution in [3.05, 3.63) is 67.7 Å². The van der Waals surface area contributed by atoms with Gasteiger partial charge in [0, 0.05) is 23.7 Å². The van der Waals surface area contributed by atoms with Gasteiger partial charge in [-0.15, -0.1) is 0 Å². The molecule has 0 fully saturated rings. The number of carboxylic acids is 1. The van der Waals surface area contributed by atoms with Crippen molar-refractivity contribution in [2.24, 2.45) is 0 Å². The highest BCUT2D eigenvalue weighted by Crippen LogP contribution is 2.35. The Balaban J connectivity index is 1.85. The third-order valence-electron chi connectivity index (χ3n) is 5.02. The molecule has 0 radical (unpaired) electrons. The second kappa shape index (κ2) is 9.25. The van der Waals surface area contributed by atoms with Gasteiger partial charge in [-0.2, -0.15) is 0 Å². The molecule has 2 aromatic rings. The average Bonchev–Trinajstić information content (AvgIpc) is 2.71. The average molecular weight is 470 g/mol. The van der Waals surface area contributed by atoms with Crippen LogP contribution >= 0.6 is 34.8 Å². The van der Waals surface area contributed by atoms with Crippen LogP contribution in [0.2, 0.25) is 15.1 Å². The molecule has 2 N–H and O–H groups in total. The summed E-state index contributed by atoms with van der Waals surface area (Å²) in [5.74, 6) is -1.91. The number of benzene rings is 2. The van der Waals surface area contributed by atoms with Gasteiger partial charge < -0.3 is 15.3 Å². The predicted octanol–water partition coefficient (Wildman–Crippen LogP) is 4.44. The maximum Gasteiger partial charge on any atom is 0.326 e. The molecule has 0 aliphatic carbocycles. The van der Waals surface area contributed by atoms with Crippen LogP contribution < -0.4 is 5.32 Å². The van der Waals surface area contributed by atoms with E-state index in [2.05, 4.69) is 5.32 Å². The summed E-state index contributed by atoms with van der Waals surface area (Å²) in [6, 6.07) is 7.23. The summed E-state index contributed by atoms with van der Waals surface area (Å²) >= 11 is 18.7. The second-order valence-corrected chi connectivity index (χ2v) is 8.16. The summed E-state index contributed by atoms with van der Waals surface area (Å²) in [7, 11) is 0. The molecule has 0 aromatic heterocycles. The molecule has 0 saturated carbocycles. The molecule has 3 rings (SSSR count). The van der Waals surface area contributed by atoms with Crippen LogP contribution in [0.3, 0.4) is 0 Å². The van der Waals surface area contributed by atoms with Crippen LogP contribution in [0.1, 0.15) is 45.2 Å². The summed E-state index contributed by atoms with van der Waals surface area (Å²) in [6.07, 6.45) is 0.671. The maximum absolute atomic E-state index is 12.8. The van der Waals surface area contributed by atoms with Crippen molar-refractivity contribution in [2.45, 2.75) is 32.4 Å². The van der Waals surface area contributed by atoms with E-state index >= 15 is 0 Å². The SMILES string of the molecule is CC[C@H](NC(=O)c1c(Cl)cc2c(c1Cl)CCN(C(=O)c1ccc(Cl)cc1)C2)C(=O)O. The Bertz CT molecular complexity index is 1010. The Morgan fingerprint density at radius 3 is 2.43 bits per heavy atom. The number of nitrogens with zero attached hydrogens (tertiary/aromatic N) is 1. The number of amides is 2. The molecule has 9 heteroatoms. The first-order valence-corrected chi connectivity index (χ1v) is 10.4. The van der Waals surface area contributed by atoms with E-state index in [-0.39, 0.29) is 27.9 Å². The molecule has 158 valence electrons. The number of fused-ring (bicyclic) bond motifs is 1. The molecule has 0 saturated heterocycles. The van der Waals surface area contributed by atoms with Gasteiger partial charge in [0.25, 0.3) is 11.8 Å².